The zero-order valence-corrected chi connectivity index (χ0v) is 13.3. The quantitative estimate of drug-likeness (QED) is 0.883. The first-order chi connectivity index (χ1) is 9.94. The molecule has 0 fully saturated rings. The molecule has 0 bridgehead atoms. The van der Waals surface area contributed by atoms with Crippen molar-refractivity contribution in [3.8, 4) is 0 Å². The van der Waals surface area contributed by atoms with Crippen LogP contribution >= 0.6 is 0 Å². The minimum Gasteiger partial charge on any atom is -0.396 e. The second-order valence-electron chi connectivity index (χ2n) is 6.95. The van der Waals surface area contributed by atoms with E-state index < -0.39 is 0 Å². The fourth-order valence-corrected chi connectivity index (χ4v) is 2.92. The Kier molecular flexibility index (Phi) is 5.02. The first-order valence-corrected chi connectivity index (χ1v) is 7.70. The van der Waals surface area contributed by atoms with E-state index in [1.165, 1.54) is 27.5 Å². The van der Waals surface area contributed by atoms with Gasteiger partial charge in [-0.1, -0.05) is 51.1 Å². The summed E-state index contributed by atoms with van der Waals surface area (Å²) in [5, 5.41) is 20.9. The zero-order chi connectivity index (χ0) is 15.5. The molecule has 2 heteroatoms. The average molecular weight is 286 g/mol. The van der Waals surface area contributed by atoms with E-state index in [2.05, 4.69) is 51.1 Å². The molecule has 0 aliphatic carbocycles. The van der Waals surface area contributed by atoms with Gasteiger partial charge in [0.1, 0.15) is 0 Å². The Hall–Kier alpha value is -1.38. The van der Waals surface area contributed by atoms with Gasteiger partial charge < -0.3 is 10.2 Å². The lowest BCUT2D eigenvalue weighted by molar-refractivity contribution is 0.299. The molecule has 0 aromatic heterocycles. The Bertz CT molecular complexity index is 609. The van der Waals surface area contributed by atoms with Crippen LogP contribution in [0.3, 0.4) is 0 Å². The monoisotopic (exact) mass is 286 g/mol. The smallest absolute Gasteiger partial charge is 0.0471 e. The number of hydrogen-bond donors (Lipinski definition) is 2. The van der Waals surface area contributed by atoms with Gasteiger partial charge in [-0.3, -0.25) is 0 Å². The van der Waals surface area contributed by atoms with Crippen molar-refractivity contribution in [2.24, 2.45) is 5.41 Å². The maximum atomic E-state index is 9.27. The predicted octanol–water partition coefficient (Wildman–Crippen LogP) is 3.50. The van der Waals surface area contributed by atoms with Gasteiger partial charge in [-0.2, -0.15) is 0 Å². The van der Waals surface area contributed by atoms with Gasteiger partial charge in [0, 0.05) is 13.2 Å². The molecule has 21 heavy (non-hydrogen) atoms. The van der Waals surface area contributed by atoms with Gasteiger partial charge in [0.2, 0.25) is 0 Å². The van der Waals surface area contributed by atoms with Crippen LogP contribution in [-0.4, -0.2) is 23.4 Å². The number of aliphatic hydroxyl groups is 2. The summed E-state index contributed by atoms with van der Waals surface area (Å²) >= 11 is 0. The van der Waals surface area contributed by atoms with Crippen LogP contribution in [0.2, 0.25) is 0 Å². The minimum absolute atomic E-state index is 0.165. The molecule has 0 aliphatic rings. The molecule has 0 amide bonds. The maximum Gasteiger partial charge on any atom is 0.0471 e. The normalized spacial score (nSPS) is 12.0. The molecule has 0 atom stereocenters. The number of fused-ring (bicyclic) bond motifs is 1. The third-order valence-electron chi connectivity index (χ3n) is 3.76. The van der Waals surface area contributed by atoms with E-state index in [9.17, 15) is 10.2 Å². The summed E-state index contributed by atoms with van der Waals surface area (Å²) in [5.74, 6) is 0. The Balaban J connectivity index is 2.53. The predicted molar refractivity (Wildman–Crippen MR) is 88.7 cm³/mol. The van der Waals surface area contributed by atoms with E-state index in [1.54, 1.807) is 0 Å². The SMILES string of the molecule is CC(C)(C)Cc1ccc2c(CCO)ccc(CCO)c2c1. The second kappa shape index (κ2) is 6.59. The highest BCUT2D eigenvalue weighted by atomic mass is 16.3. The molecule has 0 saturated carbocycles. The Morgan fingerprint density at radius 3 is 1.90 bits per heavy atom. The standard InChI is InChI=1S/C19H26O2/c1-19(2,3)13-14-4-7-17-15(8-10-20)5-6-16(9-11-21)18(17)12-14/h4-7,12,20-21H,8-11,13H2,1-3H3. The van der Waals surface area contributed by atoms with Gasteiger partial charge in [0.25, 0.3) is 0 Å². The molecule has 0 heterocycles. The van der Waals surface area contributed by atoms with Crippen LogP contribution in [0.1, 0.15) is 37.5 Å². The molecule has 0 aliphatic heterocycles. The van der Waals surface area contributed by atoms with E-state index in [4.69, 9.17) is 0 Å². The lowest BCUT2D eigenvalue weighted by Crippen LogP contribution is -2.09. The van der Waals surface area contributed by atoms with Crippen LogP contribution in [0, 0.1) is 5.41 Å². The molecule has 0 radical (unpaired) electrons. The van der Waals surface area contributed by atoms with Gasteiger partial charge in [-0.05, 0) is 52.1 Å². The summed E-state index contributed by atoms with van der Waals surface area (Å²) in [5.41, 5.74) is 3.95. The molecule has 2 aromatic rings. The Labute approximate surface area is 127 Å². The number of hydrogen-bond acceptors (Lipinski definition) is 2. The van der Waals surface area contributed by atoms with E-state index in [-0.39, 0.29) is 18.6 Å². The summed E-state index contributed by atoms with van der Waals surface area (Å²) in [6.45, 7) is 7.06. The first kappa shape index (κ1) is 16.0. The molecule has 2 N–H and O–H groups in total. The summed E-state index contributed by atoms with van der Waals surface area (Å²) in [6.07, 6.45) is 2.38. The highest BCUT2D eigenvalue weighted by Crippen LogP contribution is 2.28. The third kappa shape index (κ3) is 4.05. The fourth-order valence-electron chi connectivity index (χ4n) is 2.92. The molecule has 0 saturated heterocycles. The van der Waals surface area contributed by atoms with Crippen LogP contribution in [0.4, 0.5) is 0 Å². The van der Waals surface area contributed by atoms with Gasteiger partial charge in [0.15, 0.2) is 0 Å². The van der Waals surface area contributed by atoms with Crippen molar-refractivity contribution in [2.75, 3.05) is 13.2 Å². The van der Waals surface area contributed by atoms with Crippen molar-refractivity contribution < 1.29 is 10.2 Å². The van der Waals surface area contributed by atoms with Crippen LogP contribution in [0.25, 0.3) is 10.8 Å². The van der Waals surface area contributed by atoms with Crippen molar-refractivity contribution in [3.05, 3.63) is 47.0 Å². The zero-order valence-electron chi connectivity index (χ0n) is 13.3. The topological polar surface area (TPSA) is 40.5 Å². The van der Waals surface area contributed by atoms with Crippen molar-refractivity contribution in [3.63, 3.8) is 0 Å². The van der Waals surface area contributed by atoms with E-state index >= 15 is 0 Å². The molecule has 0 unspecified atom stereocenters. The molecule has 2 rings (SSSR count). The molecule has 114 valence electrons. The van der Waals surface area contributed by atoms with Crippen LogP contribution in [0.5, 0.6) is 0 Å². The summed E-state index contributed by atoms with van der Waals surface area (Å²) in [7, 11) is 0. The Morgan fingerprint density at radius 1 is 0.810 bits per heavy atom. The number of benzene rings is 2. The summed E-state index contributed by atoms with van der Waals surface area (Å²) in [4.78, 5) is 0. The number of aliphatic hydroxyl groups excluding tert-OH is 2. The van der Waals surface area contributed by atoms with E-state index in [0.717, 1.165) is 6.42 Å². The van der Waals surface area contributed by atoms with Crippen molar-refractivity contribution >= 4 is 10.8 Å². The summed E-state index contributed by atoms with van der Waals surface area (Å²) < 4.78 is 0. The highest BCUT2D eigenvalue weighted by Gasteiger charge is 2.13. The van der Waals surface area contributed by atoms with Crippen molar-refractivity contribution in [2.45, 2.75) is 40.0 Å². The van der Waals surface area contributed by atoms with Crippen LogP contribution < -0.4 is 0 Å². The first-order valence-electron chi connectivity index (χ1n) is 7.70. The molecular formula is C19H26O2. The molecule has 0 spiro atoms. The van der Waals surface area contributed by atoms with Crippen LogP contribution in [-0.2, 0) is 19.3 Å². The lowest BCUT2D eigenvalue weighted by Gasteiger charge is -2.19. The largest absolute Gasteiger partial charge is 0.396 e. The van der Waals surface area contributed by atoms with Crippen molar-refractivity contribution in [1.29, 1.82) is 0 Å². The van der Waals surface area contributed by atoms with Gasteiger partial charge in [0.05, 0.1) is 0 Å². The summed E-state index contributed by atoms with van der Waals surface area (Å²) in [6, 6.07) is 10.8. The third-order valence-corrected chi connectivity index (χ3v) is 3.76. The highest BCUT2D eigenvalue weighted by molar-refractivity contribution is 5.89. The van der Waals surface area contributed by atoms with Gasteiger partial charge in [-0.15, -0.1) is 0 Å². The van der Waals surface area contributed by atoms with Crippen LogP contribution in [0.15, 0.2) is 30.3 Å². The minimum atomic E-state index is 0.165. The Morgan fingerprint density at radius 2 is 1.38 bits per heavy atom. The van der Waals surface area contributed by atoms with Gasteiger partial charge >= 0.3 is 0 Å². The molecule has 2 aromatic carbocycles. The number of rotatable bonds is 5. The van der Waals surface area contributed by atoms with E-state index in [0.29, 0.717) is 12.8 Å². The average Bonchev–Trinajstić information content (AvgIpc) is 2.40. The van der Waals surface area contributed by atoms with E-state index in [1.807, 2.05) is 0 Å². The second-order valence-corrected chi connectivity index (χ2v) is 6.95. The molecule has 2 nitrogen and oxygen atoms in total. The van der Waals surface area contributed by atoms with Gasteiger partial charge in [-0.25, -0.2) is 0 Å². The lowest BCUT2D eigenvalue weighted by atomic mass is 9.86. The fraction of sp³-hybridized carbons (Fsp3) is 0.474. The molecular weight excluding hydrogens is 260 g/mol. The van der Waals surface area contributed by atoms with Crippen molar-refractivity contribution in [1.82, 2.24) is 0 Å². The maximum absolute atomic E-state index is 9.27.